The number of urea groups is 1. The van der Waals surface area contributed by atoms with Gasteiger partial charge in [0.1, 0.15) is 12.1 Å². The third-order valence-corrected chi connectivity index (χ3v) is 6.05. The van der Waals surface area contributed by atoms with Gasteiger partial charge in [0, 0.05) is 23.2 Å². The van der Waals surface area contributed by atoms with Gasteiger partial charge in [0.25, 0.3) is 0 Å². The fourth-order valence-corrected chi connectivity index (χ4v) is 4.26. The number of amides is 5. The van der Waals surface area contributed by atoms with Gasteiger partial charge in [-0.05, 0) is 57.1 Å². The average Bonchev–Trinajstić information content (AvgIpc) is 3.16. The Morgan fingerprint density at radius 2 is 1.94 bits per heavy atom. The zero-order chi connectivity index (χ0) is 25.4. The minimum Gasteiger partial charge on any atom is -0.368 e. The first-order valence-corrected chi connectivity index (χ1v) is 12.5. The molecule has 0 bridgehead atoms. The first kappa shape index (κ1) is 27.2. The van der Waals surface area contributed by atoms with E-state index in [2.05, 4.69) is 16.0 Å². The van der Waals surface area contributed by atoms with Crippen molar-refractivity contribution in [2.24, 2.45) is 11.7 Å². The van der Waals surface area contributed by atoms with Gasteiger partial charge < -0.3 is 26.6 Å². The Labute approximate surface area is 205 Å². The molecule has 9 nitrogen and oxygen atoms in total. The van der Waals surface area contributed by atoms with Crippen LogP contribution in [-0.4, -0.2) is 59.6 Å². The fourth-order valence-electron chi connectivity index (χ4n) is 3.80. The summed E-state index contributed by atoms with van der Waals surface area (Å²) in [6.07, 6.45) is 4.02. The number of benzene rings is 1. The molecule has 0 aliphatic carbocycles. The van der Waals surface area contributed by atoms with Crippen molar-refractivity contribution in [3.8, 4) is 0 Å². The highest BCUT2D eigenvalue weighted by atomic mass is 32.2. The van der Waals surface area contributed by atoms with Crippen LogP contribution in [0.25, 0.3) is 0 Å². The van der Waals surface area contributed by atoms with E-state index < -0.39 is 36.0 Å². The van der Waals surface area contributed by atoms with Crippen LogP contribution in [0.15, 0.2) is 40.8 Å². The van der Waals surface area contributed by atoms with E-state index in [9.17, 15) is 19.2 Å². The van der Waals surface area contributed by atoms with E-state index in [-0.39, 0.29) is 24.8 Å². The summed E-state index contributed by atoms with van der Waals surface area (Å²) >= 11 is 1.57. The molecule has 0 saturated carbocycles. The van der Waals surface area contributed by atoms with E-state index >= 15 is 0 Å². The topological polar surface area (TPSA) is 134 Å². The van der Waals surface area contributed by atoms with Crippen LogP contribution in [0.3, 0.4) is 0 Å². The number of carbonyl (C=O) groups is 4. The van der Waals surface area contributed by atoms with Crippen LogP contribution in [-0.2, 0) is 14.4 Å². The Morgan fingerprint density at radius 3 is 2.53 bits per heavy atom. The molecule has 1 aromatic rings. The van der Waals surface area contributed by atoms with Crippen molar-refractivity contribution in [1.82, 2.24) is 15.5 Å². The molecule has 5 N–H and O–H groups in total. The highest BCUT2D eigenvalue weighted by molar-refractivity contribution is 7.98. The molecule has 186 valence electrons. The van der Waals surface area contributed by atoms with Crippen molar-refractivity contribution >= 4 is 41.2 Å². The van der Waals surface area contributed by atoms with Crippen LogP contribution >= 0.6 is 11.8 Å². The number of hydrogen-bond donors (Lipinski definition) is 4. The second-order valence-corrected chi connectivity index (χ2v) is 9.96. The minimum atomic E-state index is -0.831. The number of allylic oxidation sites excluding steroid dienone is 1. The molecule has 0 unspecified atom stereocenters. The molecule has 1 aliphatic rings. The molecule has 5 amide bonds. The lowest BCUT2D eigenvalue weighted by molar-refractivity contribution is -0.136. The van der Waals surface area contributed by atoms with E-state index in [0.717, 1.165) is 10.5 Å². The highest BCUT2D eigenvalue weighted by Gasteiger charge is 2.40. The van der Waals surface area contributed by atoms with Crippen LogP contribution in [0.5, 0.6) is 0 Å². The van der Waals surface area contributed by atoms with Gasteiger partial charge in [-0.2, -0.15) is 0 Å². The van der Waals surface area contributed by atoms with Crippen molar-refractivity contribution in [1.29, 1.82) is 0 Å². The Morgan fingerprint density at radius 1 is 1.24 bits per heavy atom. The molecule has 3 atom stereocenters. The molecule has 0 aromatic heterocycles. The third-order valence-electron chi connectivity index (χ3n) is 5.33. The van der Waals surface area contributed by atoms with Gasteiger partial charge in [-0.25, -0.2) is 4.79 Å². The maximum atomic E-state index is 13.1. The Bertz CT molecular complexity index is 945. The van der Waals surface area contributed by atoms with Crippen LogP contribution < -0.4 is 21.7 Å². The maximum absolute atomic E-state index is 13.1. The number of nitrogens with two attached hydrogens (primary N) is 1. The minimum absolute atomic E-state index is 0.146. The second-order valence-electron chi connectivity index (χ2n) is 9.08. The normalized spacial score (nSPS) is 18.2. The molecular formula is C24H35N5O4S. The lowest BCUT2D eigenvalue weighted by Crippen LogP contribution is -2.52. The largest absolute Gasteiger partial charge is 0.368 e. The van der Waals surface area contributed by atoms with E-state index in [1.807, 2.05) is 38.3 Å². The summed E-state index contributed by atoms with van der Waals surface area (Å²) in [4.78, 5) is 52.7. The zero-order valence-electron chi connectivity index (χ0n) is 20.4. The van der Waals surface area contributed by atoms with Crippen LogP contribution in [0.1, 0.15) is 40.5 Å². The van der Waals surface area contributed by atoms with Gasteiger partial charge >= 0.3 is 6.03 Å². The highest BCUT2D eigenvalue weighted by Crippen LogP contribution is 2.21. The molecule has 0 spiro atoms. The zero-order valence-corrected chi connectivity index (χ0v) is 21.2. The van der Waals surface area contributed by atoms with Gasteiger partial charge in [-0.3, -0.25) is 14.4 Å². The molecule has 0 radical (unpaired) electrons. The monoisotopic (exact) mass is 489 g/mol. The lowest BCUT2D eigenvalue weighted by atomic mass is 10.0. The number of primary amides is 1. The number of thioether (sulfide) groups is 1. The smallest absolute Gasteiger partial charge is 0.319 e. The SMILES string of the molecule is CSc1cccc(NC(=O)N[C@H]2C[C@H](C(=O)N[C@@H](CC(C)C)C(N)=O)N(C(=O)C=C(C)C)C2)c1. The number of hydrogen-bond acceptors (Lipinski definition) is 5. The molecule has 2 rings (SSSR count). The van der Waals surface area contributed by atoms with Crippen molar-refractivity contribution in [3.63, 3.8) is 0 Å². The Kier molecular flexibility index (Phi) is 9.97. The summed E-state index contributed by atoms with van der Waals surface area (Å²) in [6, 6.07) is 4.92. The van der Waals surface area contributed by atoms with E-state index in [1.165, 1.54) is 11.0 Å². The number of nitrogens with one attached hydrogen (secondary N) is 3. The summed E-state index contributed by atoms with van der Waals surface area (Å²) in [5, 5.41) is 8.34. The summed E-state index contributed by atoms with van der Waals surface area (Å²) in [6.45, 7) is 7.61. The number of carbonyl (C=O) groups excluding carboxylic acids is 4. The molecule has 1 aromatic carbocycles. The fraction of sp³-hybridized carbons (Fsp3) is 0.500. The maximum Gasteiger partial charge on any atom is 0.319 e. The quantitative estimate of drug-likeness (QED) is 0.312. The predicted octanol–water partition coefficient (Wildman–Crippen LogP) is 2.48. The number of anilines is 1. The number of likely N-dealkylation sites (tertiary alicyclic amines) is 1. The standard InChI is InChI=1S/C24H35N5O4S/c1-14(2)9-19(22(25)31)28-23(32)20-12-17(13-29(20)21(30)10-15(3)4)27-24(33)26-16-7-6-8-18(11-16)34-5/h6-8,10-11,14,17,19-20H,9,12-13H2,1-5H3,(H2,25,31)(H,28,32)(H2,26,27,33)/t17-,19-,20+/m0/s1. The first-order chi connectivity index (χ1) is 16.0. The van der Waals surface area contributed by atoms with Gasteiger partial charge in [0.15, 0.2) is 0 Å². The third kappa shape index (κ3) is 8.09. The number of nitrogens with zero attached hydrogens (tertiary/aromatic N) is 1. The molecule has 10 heteroatoms. The summed E-state index contributed by atoms with van der Waals surface area (Å²) < 4.78 is 0. The van der Waals surface area contributed by atoms with Crippen molar-refractivity contribution in [2.75, 3.05) is 18.1 Å². The van der Waals surface area contributed by atoms with Gasteiger partial charge in [0.2, 0.25) is 17.7 Å². The van der Waals surface area contributed by atoms with Crippen LogP contribution in [0.2, 0.25) is 0 Å². The lowest BCUT2D eigenvalue weighted by Gasteiger charge is -2.25. The van der Waals surface area contributed by atoms with Crippen LogP contribution in [0, 0.1) is 5.92 Å². The molecule has 1 aliphatic heterocycles. The van der Waals surface area contributed by atoms with Crippen LogP contribution in [0.4, 0.5) is 10.5 Å². The Balaban J connectivity index is 2.13. The van der Waals surface area contributed by atoms with E-state index in [1.54, 1.807) is 31.7 Å². The molecule has 1 fully saturated rings. The van der Waals surface area contributed by atoms with E-state index in [4.69, 9.17) is 5.73 Å². The molecule has 34 heavy (non-hydrogen) atoms. The molecule has 1 heterocycles. The number of rotatable bonds is 9. The van der Waals surface area contributed by atoms with Crippen molar-refractivity contribution in [3.05, 3.63) is 35.9 Å². The van der Waals surface area contributed by atoms with Crippen molar-refractivity contribution in [2.45, 2.75) is 63.6 Å². The summed E-state index contributed by atoms with van der Waals surface area (Å²) in [7, 11) is 0. The first-order valence-electron chi connectivity index (χ1n) is 11.3. The predicted molar refractivity (Wildman–Crippen MR) is 134 cm³/mol. The van der Waals surface area contributed by atoms with Crippen molar-refractivity contribution < 1.29 is 19.2 Å². The van der Waals surface area contributed by atoms with Gasteiger partial charge in [0.05, 0.1) is 6.04 Å². The van der Waals surface area contributed by atoms with Gasteiger partial charge in [-0.15, -0.1) is 11.8 Å². The van der Waals surface area contributed by atoms with E-state index in [0.29, 0.717) is 12.1 Å². The molecular weight excluding hydrogens is 454 g/mol. The van der Waals surface area contributed by atoms with Gasteiger partial charge in [-0.1, -0.05) is 25.5 Å². The molecule has 1 saturated heterocycles. The summed E-state index contributed by atoms with van der Waals surface area (Å²) in [5.41, 5.74) is 6.91. The Hall–Kier alpha value is -3.01. The second kappa shape index (κ2) is 12.5. The summed E-state index contributed by atoms with van der Waals surface area (Å²) in [5.74, 6) is -1.26. The average molecular weight is 490 g/mol.